The molecule has 0 saturated carbocycles. The molecule has 3 aromatic carbocycles. The van der Waals surface area contributed by atoms with Crippen LogP contribution < -0.4 is 9.64 Å². The van der Waals surface area contributed by atoms with E-state index < -0.39 is 18.0 Å². The Hall–Kier alpha value is -3.80. The molecule has 168 valence electrons. The largest absolute Gasteiger partial charge is 0.457 e. The van der Waals surface area contributed by atoms with Crippen LogP contribution in [0.2, 0.25) is 0 Å². The van der Waals surface area contributed by atoms with Gasteiger partial charge in [-0.1, -0.05) is 54.6 Å². The lowest BCUT2D eigenvalue weighted by Gasteiger charge is -2.37. The van der Waals surface area contributed by atoms with Gasteiger partial charge in [0.1, 0.15) is 17.4 Å². The molecule has 0 aromatic heterocycles. The number of hydrogen-bond donors (Lipinski definition) is 0. The molecule has 1 saturated heterocycles. The SMILES string of the molecule is CC(OC(=O)C1c2ccccc2Oc2ccccc21)C(=O)N1CCN(c2ccccc2)CC1. The second kappa shape index (κ2) is 8.98. The van der Waals surface area contributed by atoms with Crippen molar-refractivity contribution in [1.29, 1.82) is 0 Å². The summed E-state index contributed by atoms with van der Waals surface area (Å²) in [6.07, 6.45) is -0.858. The number of piperazine rings is 1. The van der Waals surface area contributed by atoms with Crippen molar-refractivity contribution in [2.75, 3.05) is 31.1 Å². The molecule has 6 heteroatoms. The van der Waals surface area contributed by atoms with E-state index in [2.05, 4.69) is 17.0 Å². The van der Waals surface area contributed by atoms with Crippen molar-refractivity contribution in [3.63, 3.8) is 0 Å². The number of nitrogens with zero attached hydrogens (tertiary/aromatic N) is 2. The second-order valence-electron chi connectivity index (χ2n) is 8.34. The number of rotatable bonds is 4. The predicted molar refractivity (Wildman–Crippen MR) is 126 cm³/mol. The zero-order chi connectivity index (χ0) is 22.8. The van der Waals surface area contributed by atoms with Gasteiger partial charge in [-0.25, -0.2) is 0 Å². The first-order valence-corrected chi connectivity index (χ1v) is 11.3. The third-order valence-electron chi connectivity index (χ3n) is 6.27. The molecule has 1 amide bonds. The Bertz CT molecular complexity index is 1110. The summed E-state index contributed by atoms with van der Waals surface area (Å²) in [7, 11) is 0. The van der Waals surface area contributed by atoms with E-state index in [0.29, 0.717) is 24.6 Å². The van der Waals surface area contributed by atoms with Crippen molar-refractivity contribution in [2.45, 2.75) is 18.9 Å². The Kier molecular flexibility index (Phi) is 5.73. The quantitative estimate of drug-likeness (QED) is 0.567. The summed E-state index contributed by atoms with van der Waals surface area (Å²) in [5.74, 6) is 0.0336. The summed E-state index contributed by atoms with van der Waals surface area (Å²) in [4.78, 5) is 30.4. The highest BCUT2D eigenvalue weighted by Gasteiger charge is 2.36. The highest BCUT2D eigenvalue weighted by atomic mass is 16.5. The molecule has 1 fully saturated rings. The first-order valence-electron chi connectivity index (χ1n) is 11.3. The van der Waals surface area contributed by atoms with Gasteiger partial charge in [0.15, 0.2) is 6.10 Å². The number of amides is 1. The number of fused-ring (bicyclic) bond motifs is 2. The van der Waals surface area contributed by atoms with E-state index in [1.807, 2.05) is 66.7 Å². The maximum atomic E-state index is 13.3. The Morgan fingerprint density at radius 1 is 0.818 bits per heavy atom. The van der Waals surface area contributed by atoms with Gasteiger partial charge in [0.05, 0.1) is 0 Å². The molecule has 0 N–H and O–H groups in total. The minimum atomic E-state index is -0.858. The van der Waals surface area contributed by atoms with Crippen LogP contribution in [0.5, 0.6) is 11.5 Å². The molecule has 1 unspecified atom stereocenters. The summed E-state index contributed by atoms with van der Waals surface area (Å²) in [5, 5.41) is 0. The topological polar surface area (TPSA) is 59.1 Å². The van der Waals surface area contributed by atoms with Gasteiger partial charge in [0.2, 0.25) is 0 Å². The highest BCUT2D eigenvalue weighted by Crippen LogP contribution is 2.44. The highest BCUT2D eigenvalue weighted by molar-refractivity contribution is 5.89. The van der Waals surface area contributed by atoms with Gasteiger partial charge < -0.3 is 19.3 Å². The van der Waals surface area contributed by atoms with Crippen LogP contribution in [0.4, 0.5) is 5.69 Å². The van der Waals surface area contributed by atoms with Crippen LogP contribution in [0.3, 0.4) is 0 Å². The molecule has 1 atom stereocenters. The van der Waals surface area contributed by atoms with Gasteiger partial charge in [0.25, 0.3) is 5.91 Å². The van der Waals surface area contributed by atoms with Gasteiger partial charge in [0, 0.05) is 43.0 Å². The number of ether oxygens (including phenoxy) is 2. The molecule has 0 bridgehead atoms. The van der Waals surface area contributed by atoms with Gasteiger partial charge in [-0.05, 0) is 31.2 Å². The zero-order valence-corrected chi connectivity index (χ0v) is 18.5. The standard InChI is InChI=1S/C27H26N2O4/c1-19(26(30)29-17-15-28(16-18-29)20-9-3-2-4-10-20)32-27(31)25-21-11-5-7-13-23(21)33-24-14-8-6-12-22(24)25/h2-14,19,25H,15-18H2,1H3. The number of para-hydroxylation sites is 3. The van der Waals surface area contributed by atoms with Crippen LogP contribution in [0.1, 0.15) is 24.0 Å². The smallest absolute Gasteiger partial charge is 0.318 e. The van der Waals surface area contributed by atoms with E-state index in [4.69, 9.17) is 9.47 Å². The lowest BCUT2D eigenvalue weighted by molar-refractivity contribution is -0.159. The Labute approximate surface area is 193 Å². The van der Waals surface area contributed by atoms with Crippen molar-refractivity contribution in [1.82, 2.24) is 4.90 Å². The molecule has 33 heavy (non-hydrogen) atoms. The molecule has 2 heterocycles. The third-order valence-corrected chi connectivity index (χ3v) is 6.27. The summed E-state index contributed by atoms with van der Waals surface area (Å²) in [6.45, 7) is 4.34. The van der Waals surface area contributed by atoms with E-state index >= 15 is 0 Å². The number of hydrogen-bond acceptors (Lipinski definition) is 5. The molecule has 5 rings (SSSR count). The van der Waals surface area contributed by atoms with Gasteiger partial charge in [-0.15, -0.1) is 0 Å². The Morgan fingerprint density at radius 2 is 1.36 bits per heavy atom. The molecule has 0 spiro atoms. The fourth-order valence-electron chi connectivity index (χ4n) is 4.54. The normalized spacial score (nSPS) is 16.3. The van der Waals surface area contributed by atoms with Gasteiger partial charge in [-0.2, -0.15) is 0 Å². The fraction of sp³-hybridized carbons (Fsp3) is 0.259. The molecule has 3 aromatic rings. The molecule has 0 aliphatic carbocycles. The molecular weight excluding hydrogens is 416 g/mol. The molecule has 2 aliphatic heterocycles. The lowest BCUT2D eigenvalue weighted by atomic mass is 9.88. The van der Waals surface area contributed by atoms with Crippen LogP contribution >= 0.6 is 0 Å². The number of anilines is 1. The van der Waals surface area contributed by atoms with Crippen molar-refractivity contribution in [3.05, 3.63) is 90.0 Å². The summed E-state index contributed by atoms with van der Waals surface area (Å²) in [6, 6.07) is 25.1. The maximum absolute atomic E-state index is 13.3. The molecule has 6 nitrogen and oxygen atoms in total. The zero-order valence-electron chi connectivity index (χ0n) is 18.5. The summed E-state index contributed by atoms with van der Waals surface area (Å²) < 4.78 is 11.7. The predicted octanol–water partition coefficient (Wildman–Crippen LogP) is 4.20. The molecular formula is C27H26N2O4. The monoisotopic (exact) mass is 442 g/mol. The Morgan fingerprint density at radius 3 is 1.97 bits per heavy atom. The first-order chi connectivity index (χ1) is 16.1. The van der Waals surface area contributed by atoms with Crippen LogP contribution in [0, 0.1) is 0 Å². The Balaban J connectivity index is 1.27. The van der Waals surface area contributed by atoms with E-state index in [1.165, 1.54) is 0 Å². The number of esters is 1. The minimum Gasteiger partial charge on any atom is -0.457 e. The van der Waals surface area contributed by atoms with Crippen molar-refractivity contribution >= 4 is 17.6 Å². The third kappa shape index (κ3) is 4.16. The van der Waals surface area contributed by atoms with Crippen LogP contribution in [-0.4, -0.2) is 49.1 Å². The molecule has 0 radical (unpaired) electrons. The number of carbonyl (C=O) groups excluding carboxylic acids is 2. The maximum Gasteiger partial charge on any atom is 0.318 e. The summed E-state index contributed by atoms with van der Waals surface area (Å²) >= 11 is 0. The number of carbonyl (C=O) groups is 2. The van der Waals surface area contributed by atoms with Crippen LogP contribution in [0.25, 0.3) is 0 Å². The van der Waals surface area contributed by atoms with Crippen molar-refractivity contribution < 1.29 is 19.1 Å². The summed E-state index contributed by atoms with van der Waals surface area (Å²) in [5.41, 5.74) is 2.65. The first kappa shape index (κ1) is 21.1. The van der Waals surface area contributed by atoms with Gasteiger partial charge >= 0.3 is 5.97 Å². The van der Waals surface area contributed by atoms with E-state index in [-0.39, 0.29) is 5.91 Å². The lowest BCUT2D eigenvalue weighted by Crippen LogP contribution is -2.51. The van der Waals surface area contributed by atoms with Crippen molar-refractivity contribution in [2.24, 2.45) is 0 Å². The number of benzene rings is 3. The second-order valence-corrected chi connectivity index (χ2v) is 8.34. The van der Waals surface area contributed by atoms with Crippen molar-refractivity contribution in [3.8, 4) is 11.5 Å². The van der Waals surface area contributed by atoms with E-state index in [9.17, 15) is 9.59 Å². The average Bonchev–Trinajstić information content (AvgIpc) is 2.87. The minimum absolute atomic E-state index is 0.162. The average molecular weight is 443 g/mol. The van der Waals surface area contributed by atoms with Gasteiger partial charge in [-0.3, -0.25) is 9.59 Å². The van der Waals surface area contributed by atoms with E-state index in [0.717, 1.165) is 29.9 Å². The van der Waals surface area contributed by atoms with Crippen LogP contribution in [-0.2, 0) is 14.3 Å². The molecule has 2 aliphatic rings. The fourth-order valence-corrected chi connectivity index (χ4v) is 4.54. The van der Waals surface area contributed by atoms with E-state index in [1.54, 1.807) is 11.8 Å². The van der Waals surface area contributed by atoms with Crippen LogP contribution in [0.15, 0.2) is 78.9 Å².